The third-order valence-corrected chi connectivity index (χ3v) is 6.92. The zero-order valence-corrected chi connectivity index (χ0v) is 17.9. The fourth-order valence-electron chi connectivity index (χ4n) is 2.93. The van der Waals surface area contributed by atoms with Crippen molar-refractivity contribution in [3.63, 3.8) is 0 Å². The van der Waals surface area contributed by atoms with Gasteiger partial charge in [0.15, 0.2) is 0 Å². The van der Waals surface area contributed by atoms with Gasteiger partial charge in [0.05, 0.1) is 11.3 Å². The Hall–Kier alpha value is -2.85. The van der Waals surface area contributed by atoms with Gasteiger partial charge in [-0.15, -0.1) is 0 Å². The van der Waals surface area contributed by atoms with Crippen LogP contribution in [-0.2, 0) is 21.2 Å². The van der Waals surface area contributed by atoms with Gasteiger partial charge in [-0.2, -0.15) is 14.4 Å². The number of hydrogen-bond donors (Lipinski definition) is 1. The van der Waals surface area contributed by atoms with Gasteiger partial charge in [0, 0.05) is 35.7 Å². The molecule has 0 spiro atoms. The molecule has 0 saturated heterocycles. The number of aryl methyl sites for hydroxylation is 2. The van der Waals surface area contributed by atoms with Crippen LogP contribution in [0.1, 0.15) is 30.8 Å². The molecule has 1 amide bonds. The molecule has 9 nitrogen and oxygen atoms in total. The summed E-state index contributed by atoms with van der Waals surface area (Å²) in [5.74, 6) is 0.264. The molecule has 29 heavy (non-hydrogen) atoms. The number of sulfonamides is 1. The topological polar surface area (TPSA) is 110 Å². The minimum atomic E-state index is -3.56. The number of nitrogens with zero attached hydrogens (tertiary/aromatic N) is 5. The zero-order chi connectivity index (χ0) is 21.3. The molecular weight excluding hydrogens is 392 g/mol. The van der Waals surface area contributed by atoms with Gasteiger partial charge < -0.3 is 5.32 Å². The number of rotatable bonds is 6. The summed E-state index contributed by atoms with van der Waals surface area (Å²) in [7, 11) is -2.02. The average Bonchev–Trinajstić information content (AvgIpc) is 3.13. The van der Waals surface area contributed by atoms with Crippen molar-refractivity contribution in [2.45, 2.75) is 45.1 Å². The fourth-order valence-corrected chi connectivity index (χ4v) is 4.30. The van der Waals surface area contributed by atoms with E-state index in [1.54, 1.807) is 23.7 Å². The summed E-state index contributed by atoms with van der Waals surface area (Å²) in [5.41, 5.74) is 2.82. The Kier molecular flexibility index (Phi) is 5.67. The highest BCUT2D eigenvalue weighted by molar-refractivity contribution is 7.89. The monoisotopic (exact) mass is 416 g/mol. The first-order valence-corrected chi connectivity index (χ1v) is 10.6. The van der Waals surface area contributed by atoms with Crippen LogP contribution in [0.5, 0.6) is 0 Å². The van der Waals surface area contributed by atoms with Crippen molar-refractivity contribution in [1.29, 1.82) is 0 Å². The predicted octanol–water partition coefficient (Wildman–Crippen LogP) is 1.95. The first kappa shape index (κ1) is 20.9. The quantitative estimate of drug-likeness (QED) is 0.658. The minimum absolute atomic E-state index is 0.122. The van der Waals surface area contributed by atoms with Gasteiger partial charge in [0.25, 0.3) is 5.78 Å². The minimum Gasteiger partial charge on any atom is -0.326 e. The number of fused-ring (bicyclic) bond motifs is 1. The second kappa shape index (κ2) is 7.88. The van der Waals surface area contributed by atoms with Crippen LogP contribution in [0.2, 0.25) is 0 Å². The van der Waals surface area contributed by atoms with Gasteiger partial charge in [-0.1, -0.05) is 0 Å². The molecule has 0 atom stereocenters. The molecule has 2 aromatic heterocycles. The molecule has 0 radical (unpaired) electrons. The predicted molar refractivity (Wildman–Crippen MR) is 109 cm³/mol. The van der Waals surface area contributed by atoms with Crippen LogP contribution in [-0.4, -0.2) is 51.3 Å². The van der Waals surface area contributed by atoms with E-state index >= 15 is 0 Å². The van der Waals surface area contributed by atoms with Crippen molar-refractivity contribution >= 4 is 27.4 Å². The smallest absolute Gasteiger partial charge is 0.252 e. The van der Waals surface area contributed by atoms with Crippen LogP contribution < -0.4 is 5.32 Å². The average molecular weight is 417 g/mol. The summed E-state index contributed by atoms with van der Waals surface area (Å²) in [6.45, 7) is 7.31. The molecule has 0 aliphatic rings. The van der Waals surface area contributed by atoms with Crippen molar-refractivity contribution in [2.24, 2.45) is 0 Å². The van der Waals surface area contributed by atoms with Crippen molar-refractivity contribution in [1.82, 2.24) is 23.9 Å². The number of nitrogens with one attached hydrogen (secondary N) is 1. The molecule has 3 aromatic rings. The molecule has 0 bridgehead atoms. The lowest BCUT2D eigenvalue weighted by molar-refractivity contribution is -0.115. The summed E-state index contributed by atoms with van der Waals surface area (Å²) in [5, 5.41) is 6.92. The van der Waals surface area contributed by atoms with Crippen LogP contribution in [0.25, 0.3) is 5.78 Å². The highest BCUT2D eigenvalue weighted by Crippen LogP contribution is 2.20. The standard InChI is InChI=1S/C19H24N6O3S/c1-12(2)24(5)29(27,28)16-8-6-15(7-9-16)23-18(26)10-17-13(3)22-19-20-11-21-25(19)14(17)4/h6-9,11-12H,10H2,1-5H3,(H,23,26). The summed E-state index contributed by atoms with van der Waals surface area (Å²) >= 11 is 0. The molecule has 0 fully saturated rings. The van der Waals surface area contributed by atoms with E-state index in [1.165, 1.54) is 22.8 Å². The van der Waals surface area contributed by atoms with Crippen LogP contribution in [0.3, 0.4) is 0 Å². The summed E-state index contributed by atoms with van der Waals surface area (Å²) in [4.78, 5) is 21.1. The van der Waals surface area contributed by atoms with Gasteiger partial charge >= 0.3 is 0 Å². The van der Waals surface area contributed by atoms with E-state index < -0.39 is 10.0 Å². The molecule has 0 unspecified atom stereocenters. The molecular formula is C19H24N6O3S. The molecule has 2 heterocycles. The Morgan fingerprint density at radius 3 is 2.48 bits per heavy atom. The van der Waals surface area contributed by atoms with E-state index in [4.69, 9.17) is 0 Å². The van der Waals surface area contributed by atoms with E-state index in [0.717, 1.165) is 17.0 Å². The van der Waals surface area contributed by atoms with E-state index in [2.05, 4.69) is 20.4 Å². The lowest BCUT2D eigenvalue weighted by Gasteiger charge is -2.21. The van der Waals surface area contributed by atoms with Crippen molar-refractivity contribution < 1.29 is 13.2 Å². The third kappa shape index (κ3) is 4.13. The number of carbonyl (C=O) groups excluding carboxylic acids is 1. The maximum atomic E-state index is 12.5. The summed E-state index contributed by atoms with van der Waals surface area (Å²) < 4.78 is 28.0. The second-order valence-corrected chi connectivity index (χ2v) is 9.09. The largest absolute Gasteiger partial charge is 0.326 e. The van der Waals surface area contributed by atoms with Crippen molar-refractivity contribution in [3.8, 4) is 0 Å². The Morgan fingerprint density at radius 1 is 1.21 bits per heavy atom. The first-order chi connectivity index (χ1) is 13.6. The molecule has 0 aliphatic carbocycles. The number of benzene rings is 1. The molecule has 0 aliphatic heterocycles. The molecule has 154 valence electrons. The maximum absolute atomic E-state index is 12.5. The first-order valence-electron chi connectivity index (χ1n) is 9.15. The van der Waals surface area contributed by atoms with E-state index in [1.807, 2.05) is 27.7 Å². The third-order valence-electron chi connectivity index (χ3n) is 4.87. The Labute approximate surface area is 169 Å². The Morgan fingerprint density at radius 2 is 1.86 bits per heavy atom. The maximum Gasteiger partial charge on any atom is 0.252 e. The van der Waals surface area contributed by atoms with E-state index in [0.29, 0.717) is 11.5 Å². The number of carbonyl (C=O) groups is 1. The second-order valence-electron chi connectivity index (χ2n) is 7.10. The molecule has 0 saturated carbocycles. The van der Waals surface area contributed by atoms with Crippen LogP contribution in [0.15, 0.2) is 35.5 Å². The molecule has 10 heteroatoms. The lowest BCUT2D eigenvalue weighted by Crippen LogP contribution is -2.33. The number of amides is 1. The molecule has 3 rings (SSSR count). The summed E-state index contributed by atoms with van der Waals surface area (Å²) in [6.07, 6.45) is 1.54. The number of hydrogen-bond acceptors (Lipinski definition) is 6. The van der Waals surface area contributed by atoms with Gasteiger partial charge in [0.2, 0.25) is 15.9 Å². The van der Waals surface area contributed by atoms with Crippen molar-refractivity contribution in [2.75, 3.05) is 12.4 Å². The molecule has 1 N–H and O–H groups in total. The van der Waals surface area contributed by atoms with Crippen LogP contribution >= 0.6 is 0 Å². The van der Waals surface area contributed by atoms with E-state index in [-0.39, 0.29) is 23.3 Å². The van der Waals surface area contributed by atoms with Gasteiger partial charge in [-0.05, 0) is 52.0 Å². The summed E-state index contributed by atoms with van der Waals surface area (Å²) in [6, 6.07) is 5.99. The number of anilines is 1. The Balaban J connectivity index is 1.75. The number of aromatic nitrogens is 4. The fraction of sp³-hybridized carbons (Fsp3) is 0.368. The highest BCUT2D eigenvalue weighted by atomic mass is 32.2. The van der Waals surface area contributed by atoms with Gasteiger partial charge in [-0.3, -0.25) is 4.79 Å². The van der Waals surface area contributed by atoms with E-state index in [9.17, 15) is 13.2 Å². The van der Waals surface area contributed by atoms with Gasteiger partial charge in [0.1, 0.15) is 6.33 Å². The SMILES string of the molecule is Cc1nc2ncnn2c(C)c1CC(=O)Nc1ccc(S(=O)(=O)N(C)C(C)C)cc1. The lowest BCUT2D eigenvalue weighted by atomic mass is 10.1. The normalized spacial score (nSPS) is 12.1. The van der Waals surface area contributed by atoms with Crippen molar-refractivity contribution in [3.05, 3.63) is 47.5 Å². The van der Waals surface area contributed by atoms with Gasteiger partial charge in [-0.25, -0.2) is 17.9 Å². The highest BCUT2D eigenvalue weighted by Gasteiger charge is 2.23. The molecule has 1 aromatic carbocycles. The van der Waals surface area contributed by atoms with Crippen LogP contribution in [0, 0.1) is 13.8 Å². The Bertz CT molecular complexity index is 1150. The zero-order valence-electron chi connectivity index (χ0n) is 17.0. The van der Waals surface area contributed by atoms with Crippen LogP contribution in [0.4, 0.5) is 5.69 Å².